The van der Waals surface area contributed by atoms with Crippen molar-refractivity contribution in [3.63, 3.8) is 0 Å². The summed E-state index contributed by atoms with van der Waals surface area (Å²) in [5, 5.41) is 0. The van der Waals surface area contributed by atoms with Crippen molar-refractivity contribution in [2.24, 2.45) is 5.73 Å². The normalized spacial score (nSPS) is 21.3. The maximum absolute atomic E-state index is 14.1. The topological polar surface area (TPSA) is 57.4 Å². The summed E-state index contributed by atoms with van der Waals surface area (Å²) in [6, 6.07) is 0. The lowest BCUT2D eigenvalue weighted by Crippen LogP contribution is -2.41. The van der Waals surface area contributed by atoms with E-state index >= 15 is 0 Å². The summed E-state index contributed by atoms with van der Waals surface area (Å²) in [5.41, 5.74) is 5.13. The Morgan fingerprint density at radius 1 is 1.22 bits per heavy atom. The third-order valence-corrected chi connectivity index (χ3v) is 3.71. The maximum Gasteiger partial charge on any atom is 0.499 e. The first kappa shape index (κ1) is 13.5. The zero-order chi connectivity index (χ0) is 13.6. The fraction of sp³-hybridized carbons (Fsp3) is 0.583. The second kappa shape index (κ2) is 4.29. The van der Waals surface area contributed by atoms with E-state index in [2.05, 4.69) is 4.98 Å². The summed E-state index contributed by atoms with van der Waals surface area (Å²) in [5.74, 6) is -0.397. The largest absolute Gasteiger partial charge is 0.499 e. The third kappa shape index (κ3) is 2.04. The van der Waals surface area contributed by atoms with E-state index in [0.29, 0.717) is 11.0 Å². The molecule has 0 aliphatic carbocycles. The summed E-state index contributed by atoms with van der Waals surface area (Å²) >= 11 is 0. The van der Waals surface area contributed by atoms with Crippen LogP contribution in [0, 0.1) is 5.82 Å². The Morgan fingerprint density at radius 2 is 1.78 bits per heavy atom. The van der Waals surface area contributed by atoms with Crippen LogP contribution in [0.15, 0.2) is 12.4 Å². The fourth-order valence-electron chi connectivity index (χ4n) is 1.78. The molecule has 98 valence electrons. The van der Waals surface area contributed by atoms with Crippen molar-refractivity contribution in [3.05, 3.63) is 23.8 Å². The molecule has 18 heavy (non-hydrogen) atoms. The molecule has 6 heteroatoms. The van der Waals surface area contributed by atoms with Crippen LogP contribution >= 0.6 is 0 Å². The van der Waals surface area contributed by atoms with Crippen LogP contribution in [0.2, 0.25) is 0 Å². The molecule has 0 atom stereocenters. The van der Waals surface area contributed by atoms with Gasteiger partial charge in [-0.3, -0.25) is 4.98 Å². The summed E-state index contributed by atoms with van der Waals surface area (Å²) in [7, 11) is -0.742. The Kier molecular flexibility index (Phi) is 3.21. The number of pyridine rings is 1. The first-order valence-electron chi connectivity index (χ1n) is 5.96. The van der Waals surface area contributed by atoms with Crippen LogP contribution in [-0.2, 0) is 15.9 Å². The van der Waals surface area contributed by atoms with Crippen molar-refractivity contribution in [1.29, 1.82) is 0 Å². The molecule has 2 rings (SSSR count). The van der Waals surface area contributed by atoms with Gasteiger partial charge < -0.3 is 15.0 Å². The van der Waals surface area contributed by atoms with E-state index in [1.165, 1.54) is 12.4 Å². The minimum absolute atomic E-state index is 0.103. The van der Waals surface area contributed by atoms with Crippen molar-refractivity contribution < 1.29 is 13.7 Å². The number of hydrogen-bond donors (Lipinski definition) is 1. The minimum atomic E-state index is -0.742. The molecule has 1 aromatic heterocycles. The molecule has 0 amide bonds. The second-order valence-corrected chi connectivity index (χ2v) is 5.49. The molecule has 1 aromatic rings. The number of nitrogens with zero attached hydrogens (tertiary/aromatic N) is 1. The van der Waals surface area contributed by atoms with Crippen LogP contribution in [0.5, 0.6) is 0 Å². The summed E-state index contributed by atoms with van der Waals surface area (Å²) in [6.07, 6.45) is 2.85. The van der Waals surface area contributed by atoms with Gasteiger partial charge in [0.15, 0.2) is 0 Å². The van der Waals surface area contributed by atoms with Crippen LogP contribution < -0.4 is 11.2 Å². The van der Waals surface area contributed by atoms with Crippen molar-refractivity contribution >= 4 is 12.6 Å². The number of aromatic nitrogens is 1. The Balaban J connectivity index is 2.35. The molecular weight excluding hydrogens is 234 g/mol. The fourth-order valence-corrected chi connectivity index (χ4v) is 1.78. The lowest BCUT2D eigenvalue weighted by molar-refractivity contribution is 0.00578. The Morgan fingerprint density at radius 3 is 2.28 bits per heavy atom. The number of halogens is 1. The monoisotopic (exact) mass is 252 g/mol. The van der Waals surface area contributed by atoms with E-state index in [4.69, 9.17) is 15.0 Å². The average molecular weight is 252 g/mol. The van der Waals surface area contributed by atoms with Crippen molar-refractivity contribution in [2.75, 3.05) is 0 Å². The molecular formula is C12H18BFN2O2. The Labute approximate surface area is 107 Å². The van der Waals surface area contributed by atoms with E-state index in [1.54, 1.807) is 0 Å². The van der Waals surface area contributed by atoms with Gasteiger partial charge in [0, 0.05) is 30.0 Å². The Bertz CT molecular complexity index is 449. The number of nitrogens with two attached hydrogens (primary N) is 1. The van der Waals surface area contributed by atoms with Gasteiger partial charge in [0.05, 0.1) is 11.2 Å². The first-order chi connectivity index (χ1) is 8.28. The van der Waals surface area contributed by atoms with Gasteiger partial charge in [-0.25, -0.2) is 4.39 Å². The van der Waals surface area contributed by atoms with Crippen LogP contribution in [0.4, 0.5) is 4.39 Å². The van der Waals surface area contributed by atoms with Gasteiger partial charge in [0.2, 0.25) is 0 Å². The third-order valence-electron chi connectivity index (χ3n) is 3.71. The van der Waals surface area contributed by atoms with Crippen molar-refractivity contribution in [3.8, 4) is 0 Å². The molecule has 0 saturated carbocycles. The lowest BCUT2D eigenvalue weighted by Gasteiger charge is -2.32. The summed E-state index contributed by atoms with van der Waals surface area (Å²) in [4.78, 5) is 3.98. The quantitative estimate of drug-likeness (QED) is 0.797. The molecule has 1 fully saturated rings. The minimum Gasteiger partial charge on any atom is -0.399 e. The molecule has 1 aliphatic rings. The van der Waals surface area contributed by atoms with Crippen LogP contribution in [0.1, 0.15) is 33.3 Å². The van der Waals surface area contributed by atoms with Crippen LogP contribution in [-0.4, -0.2) is 23.3 Å². The lowest BCUT2D eigenvalue weighted by atomic mass is 9.79. The maximum atomic E-state index is 14.1. The van der Waals surface area contributed by atoms with Gasteiger partial charge in [-0.15, -0.1) is 0 Å². The highest BCUT2D eigenvalue weighted by Crippen LogP contribution is 2.36. The smallest absolute Gasteiger partial charge is 0.399 e. The highest BCUT2D eigenvalue weighted by molar-refractivity contribution is 6.62. The number of hydrogen-bond acceptors (Lipinski definition) is 4. The molecule has 0 spiro atoms. The van der Waals surface area contributed by atoms with Gasteiger partial charge in [-0.2, -0.15) is 0 Å². The van der Waals surface area contributed by atoms with E-state index in [9.17, 15) is 4.39 Å². The zero-order valence-electron chi connectivity index (χ0n) is 11.2. The van der Waals surface area contributed by atoms with Crippen LogP contribution in [0.3, 0.4) is 0 Å². The van der Waals surface area contributed by atoms with Crippen molar-refractivity contribution in [1.82, 2.24) is 4.98 Å². The van der Waals surface area contributed by atoms with E-state index < -0.39 is 24.1 Å². The molecule has 4 nitrogen and oxygen atoms in total. The zero-order valence-corrected chi connectivity index (χ0v) is 11.2. The van der Waals surface area contributed by atoms with Crippen LogP contribution in [0.25, 0.3) is 0 Å². The standard InChI is InChI=1S/C12H18BFN2O2/c1-11(2)12(3,4)18-13(17-11)9-7-16-6-8(5-15)10(9)14/h6-7H,5,15H2,1-4H3. The highest BCUT2D eigenvalue weighted by Gasteiger charge is 2.52. The molecule has 0 radical (unpaired) electrons. The predicted molar refractivity (Wildman–Crippen MR) is 67.8 cm³/mol. The van der Waals surface area contributed by atoms with Gasteiger partial charge in [0.1, 0.15) is 5.82 Å². The van der Waals surface area contributed by atoms with E-state index in [-0.39, 0.29) is 6.54 Å². The SMILES string of the molecule is CC1(C)OB(c2cncc(CN)c2F)OC1(C)C. The first-order valence-corrected chi connectivity index (χ1v) is 5.96. The van der Waals surface area contributed by atoms with Gasteiger partial charge in [-0.05, 0) is 27.7 Å². The molecule has 2 heterocycles. The van der Waals surface area contributed by atoms with Gasteiger partial charge >= 0.3 is 7.12 Å². The molecule has 1 saturated heterocycles. The predicted octanol–water partition coefficient (Wildman–Crippen LogP) is 0.979. The van der Waals surface area contributed by atoms with Gasteiger partial charge in [0.25, 0.3) is 0 Å². The van der Waals surface area contributed by atoms with E-state index in [0.717, 1.165) is 0 Å². The molecule has 1 aliphatic heterocycles. The molecule has 0 aromatic carbocycles. The van der Waals surface area contributed by atoms with E-state index in [1.807, 2.05) is 27.7 Å². The van der Waals surface area contributed by atoms with Crippen molar-refractivity contribution in [2.45, 2.75) is 45.4 Å². The molecule has 0 unspecified atom stereocenters. The second-order valence-electron chi connectivity index (χ2n) is 5.49. The molecule has 0 bridgehead atoms. The number of rotatable bonds is 2. The summed E-state index contributed by atoms with van der Waals surface area (Å²) < 4.78 is 25.7. The highest BCUT2D eigenvalue weighted by atomic mass is 19.1. The average Bonchev–Trinajstić information content (AvgIpc) is 2.48. The molecule has 2 N–H and O–H groups in total. The summed E-state index contributed by atoms with van der Waals surface area (Å²) in [6.45, 7) is 7.79. The Hall–Kier alpha value is -0.975. The van der Waals surface area contributed by atoms with Gasteiger partial charge in [-0.1, -0.05) is 0 Å².